The minimum Gasteiger partial charge on any atom is -0.379 e. The van der Waals surface area contributed by atoms with Crippen LogP contribution in [0.25, 0.3) is 0 Å². The van der Waals surface area contributed by atoms with E-state index in [0.717, 1.165) is 50.6 Å². The zero-order chi connectivity index (χ0) is 19.1. The summed E-state index contributed by atoms with van der Waals surface area (Å²) in [6.07, 6.45) is 0.879. The molecule has 0 radical (unpaired) electrons. The SMILES string of the molecule is O=C(NCCCN1CCOCC1)c1ccc(NS(=O)(=O)c2cccs2)cc1. The van der Waals surface area contributed by atoms with Crippen LogP contribution in [0, 0.1) is 0 Å². The molecule has 0 atom stereocenters. The van der Waals surface area contributed by atoms with E-state index in [9.17, 15) is 13.2 Å². The summed E-state index contributed by atoms with van der Waals surface area (Å²) < 4.78 is 32.5. The van der Waals surface area contributed by atoms with Crippen LogP contribution in [0.4, 0.5) is 5.69 Å². The Labute approximate surface area is 163 Å². The van der Waals surface area contributed by atoms with Gasteiger partial charge in [0.1, 0.15) is 4.21 Å². The highest BCUT2D eigenvalue weighted by Gasteiger charge is 2.15. The summed E-state index contributed by atoms with van der Waals surface area (Å²) in [6, 6.07) is 9.65. The Morgan fingerprint density at radius 3 is 2.56 bits per heavy atom. The molecule has 2 aromatic rings. The Kier molecular flexibility index (Phi) is 6.84. The van der Waals surface area contributed by atoms with E-state index >= 15 is 0 Å². The molecule has 0 spiro atoms. The minimum atomic E-state index is -3.58. The van der Waals surface area contributed by atoms with Crippen LogP contribution in [0.15, 0.2) is 46.0 Å². The number of morpholine rings is 1. The molecule has 1 fully saturated rings. The predicted molar refractivity (Wildman–Crippen MR) is 106 cm³/mol. The van der Waals surface area contributed by atoms with Crippen LogP contribution in [-0.4, -0.2) is 58.6 Å². The molecule has 1 aliphatic rings. The third-order valence-corrected chi connectivity index (χ3v) is 6.98. The summed E-state index contributed by atoms with van der Waals surface area (Å²) in [6.45, 7) is 4.97. The van der Waals surface area contributed by atoms with E-state index < -0.39 is 10.0 Å². The number of benzene rings is 1. The molecule has 0 unspecified atom stereocenters. The molecular formula is C18H23N3O4S2. The monoisotopic (exact) mass is 409 g/mol. The van der Waals surface area contributed by atoms with Crippen molar-refractivity contribution in [3.8, 4) is 0 Å². The number of amides is 1. The maximum atomic E-state index is 12.2. The standard InChI is InChI=1S/C18H23N3O4S2/c22-18(19-8-2-9-21-10-12-25-13-11-21)15-4-6-16(7-5-15)20-27(23,24)17-3-1-14-26-17/h1,3-7,14,20H,2,8-13H2,(H,19,22). The van der Waals surface area contributed by atoms with Gasteiger partial charge in [-0.2, -0.15) is 0 Å². The molecule has 1 aromatic heterocycles. The summed E-state index contributed by atoms with van der Waals surface area (Å²) in [5.41, 5.74) is 0.924. The first-order valence-corrected chi connectivity index (χ1v) is 11.2. The number of ether oxygens (including phenoxy) is 1. The molecule has 0 aliphatic carbocycles. The Hall–Kier alpha value is -1.94. The number of nitrogens with zero attached hydrogens (tertiary/aromatic N) is 1. The van der Waals surface area contributed by atoms with E-state index in [2.05, 4.69) is 14.9 Å². The summed E-state index contributed by atoms with van der Waals surface area (Å²) in [7, 11) is -3.58. The van der Waals surface area contributed by atoms with Crippen molar-refractivity contribution < 1.29 is 17.9 Å². The molecule has 1 amide bonds. The van der Waals surface area contributed by atoms with Crippen LogP contribution < -0.4 is 10.0 Å². The lowest BCUT2D eigenvalue weighted by Crippen LogP contribution is -2.38. The summed E-state index contributed by atoms with van der Waals surface area (Å²) in [5, 5.41) is 4.60. The smallest absolute Gasteiger partial charge is 0.271 e. The van der Waals surface area contributed by atoms with Crippen LogP contribution in [0.3, 0.4) is 0 Å². The fourth-order valence-corrected chi connectivity index (χ4v) is 4.79. The van der Waals surface area contributed by atoms with Gasteiger partial charge in [0.25, 0.3) is 15.9 Å². The normalized spacial score (nSPS) is 15.4. The Balaban J connectivity index is 1.45. The van der Waals surface area contributed by atoms with E-state index in [0.29, 0.717) is 17.8 Å². The summed E-state index contributed by atoms with van der Waals surface area (Å²) in [4.78, 5) is 14.5. The quantitative estimate of drug-likeness (QED) is 0.651. The highest BCUT2D eigenvalue weighted by molar-refractivity contribution is 7.94. The first kappa shape index (κ1) is 19.8. The van der Waals surface area contributed by atoms with Crippen molar-refractivity contribution in [2.24, 2.45) is 0 Å². The molecule has 0 bridgehead atoms. The number of anilines is 1. The molecule has 0 saturated carbocycles. The van der Waals surface area contributed by atoms with Crippen LogP contribution in [0.2, 0.25) is 0 Å². The van der Waals surface area contributed by atoms with Gasteiger partial charge in [0.05, 0.1) is 13.2 Å². The first-order valence-electron chi connectivity index (χ1n) is 8.79. The maximum absolute atomic E-state index is 12.2. The third kappa shape index (κ3) is 5.77. The number of hydrogen-bond donors (Lipinski definition) is 2. The average Bonchev–Trinajstić information content (AvgIpc) is 3.22. The Bertz CT molecular complexity index is 830. The molecule has 2 N–H and O–H groups in total. The molecule has 1 saturated heterocycles. The van der Waals surface area contributed by atoms with E-state index in [1.165, 1.54) is 0 Å². The number of carbonyl (C=O) groups is 1. The second-order valence-electron chi connectivity index (χ2n) is 6.18. The number of thiophene rings is 1. The molecule has 9 heteroatoms. The second-order valence-corrected chi connectivity index (χ2v) is 9.04. The fourth-order valence-electron chi connectivity index (χ4n) is 2.74. The van der Waals surface area contributed by atoms with Crippen molar-refractivity contribution in [2.75, 3.05) is 44.1 Å². The van der Waals surface area contributed by atoms with Gasteiger partial charge in [0, 0.05) is 30.9 Å². The average molecular weight is 410 g/mol. The van der Waals surface area contributed by atoms with E-state index in [-0.39, 0.29) is 10.1 Å². The zero-order valence-corrected chi connectivity index (χ0v) is 16.5. The Morgan fingerprint density at radius 2 is 1.89 bits per heavy atom. The number of carbonyl (C=O) groups excluding carboxylic acids is 1. The van der Waals surface area contributed by atoms with Crippen LogP contribution in [0.5, 0.6) is 0 Å². The van der Waals surface area contributed by atoms with Gasteiger partial charge in [0.15, 0.2) is 0 Å². The summed E-state index contributed by atoms with van der Waals surface area (Å²) >= 11 is 1.15. The van der Waals surface area contributed by atoms with Crippen molar-refractivity contribution in [1.82, 2.24) is 10.2 Å². The first-order chi connectivity index (χ1) is 13.0. The molecule has 3 rings (SSSR count). The minimum absolute atomic E-state index is 0.162. The number of hydrogen-bond acceptors (Lipinski definition) is 6. The number of rotatable bonds is 8. The Morgan fingerprint density at radius 1 is 1.15 bits per heavy atom. The topological polar surface area (TPSA) is 87.7 Å². The highest BCUT2D eigenvalue weighted by atomic mass is 32.2. The van der Waals surface area contributed by atoms with Gasteiger partial charge in [-0.3, -0.25) is 14.4 Å². The molecule has 146 valence electrons. The third-order valence-electron chi connectivity index (χ3n) is 4.20. The van der Waals surface area contributed by atoms with Gasteiger partial charge in [-0.25, -0.2) is 8.42 Å². The number of sulfonamides is 1. The van der Waals surface area contributed by atoms with Crippen molar-refractivity contribution in [2.45, 2.75) is 10.6 Å². The molecular weight excluding hydrogens is 386 g/mol. The lowest BCUT2D eigenvalue weighted by molar-refractivity contribution is 0.0374. The molecule has 7 nitrogen and oxygen atoms in total. The number of nitrogens with one attached hydrogen (secondary N) is 2. The molecule has 2 heterocycles. The lowest BCUT2D eigenvalue weighted by atomic mass is 10.2. The van der Waals surface area contributed by atoms with Gasteiger partial charge in [-0.1, -0.05) is 6.07 Å². The highest BCUT2D eigenvalue weighted by Crippen LogP contribution is 2.20. The van der Waals surface area contributed by atoms with Crippen LogP contribution in [-0.2, 0) is 14.8 Å². The van der Waals surface area contributed by atoms with E-state index in [1.54, 1.807) is 41.8 Å². The van der Waals surface area contributed by atoms with E-state index in [4.69, 9.17) is 4.74 Å². The van der Waals surface area contributed by atoms with Gasteiger partial charge >= 0.3 is 0 Å². The molecule has 1 aliphatic heterocycles. The van der Waals surface area contributed by atoms with Gasteiger partial charge < -0.3 is 10.1 Å². The molecule has 27 heavy (non-hydrogen) atoms. The second kappa shape index (κ2) is 9.32. The van der Waals surface area contributed by atoms with Crippen molar-refractivity contribution >= 4 is 33.0 Å². The predicted octanol–water partition coefficient (Wildman–Crippen LogP) is 2.00. The van der Waals surface area contributed by atoms with E-state index in [1.807, 2.05) is 0 Å². The zero-order valence-electron chi connectivity index (χ0n) is 14.9. The van der Waals surface area contributed by atoms with Crippen LogP contribution in [0.1, 0.15) is 16.8 Å². The molecule has 1 aromatic carbocycles. The fraction of sp³-hybridized carbons (Fsp3) is 0.389. The van der Waals surface area contributed by atoms with Crippen molar-refractivity contribution in [1.29, 1.82) is 0 Å². The summed E-state index contributed by atoms with van der Waals surface area (Å²) in [5.74, 6) is -0.162. The maximum Gasteiger partial charge on any atom is 0.271 e. The van der Waals surface area contributed by atoms with Crippen molar-refractivity contribution in [3.05, 3.63) is 47.3 Å². The van der Waals surface area contributed by atoms with Gasteiger partial charge in [-0.05, 0) is 48.7 Å². The van der Waals surface area contributed by atoms with Crippen LogP contribution >= 0.6 is 11.3 Å². The largest absolute Gasteiger partial charge is 0.379 e. The van der Waals surface area contributed by atoms with Gasteiger partial charge in [-0.15, -0.1) is 11.3 Å². The van der Waals surface area contributed by atoms with Gasteiger partial charge in [0.2, 0.25) is 0 Å². The van der Waals surface area contributed by atoms with Crippen molar-refractivity contribution in [3.63, 3.8) is 0 Å². The lowest BCUT2D eigenvalue weighted by Gasteiger charge is -2.26.